The second-order valence-corrected chi connectivity index (χ2v) is 8.40. The Labute approximate surface area is 216 Å². The van der Waals surface area contributed by atoms with Crippen LogP contribution in [0, 0.1) is 0 Å². The average Bonchev–Trinajstić information content (AvgIpc) is 2.85. The van der Waals surface area contributed by atoms with E-state index in [1.54, 1.807) is 32.9 Å². The average molecular weight is 528 g/mol. The van der Waals surface area contributed by atoms with Crippen molar-refractivity contribution in [2.24, 2.45) is 0 Å². The van der Waals surface area contributed by atoms with Gasteiger partial charge in [-0.2, -0.15) is 5.48 Å². The first kappa shape index (κ1) is 31.8. The minimum Gasteiger partial charge on any atom is -0.465 e. The number of amides is 3. The Morgan fingerprint density at radius 3 is 1.81 bits per heavy atom. The zero-order chi connectivity index (χ0) is 27.5. The Hall–Kier alpha value is -3.26. The summed E-state index contributed by atoms with van der Waals surface area (Å²) < 4.78 is 25.7. The Morgan fingerprint density at radius 2 is 1.27 bits per heavy atom. The molecule has 0 saturated carbocycles. The molecule has 0 saturated heterocycles. The van der Waals surface area contributed by atoms with E-state index in [1.807, 2.05) is 5.48 Å². The maximum absolute atomic E-state index is 12.1. The van der Waals surface area contributed by atoms with Gasteiger partial charge in [-0.3, -0.25) is 14.4 Å². The maximum Gasteiger partial charge on any atom is 0.431 e. The van der Waals surface area contributed by atoms with Crippen molar-refractivity contribution in [3.8, 4) is 0 Å². The predicted molar refractivity (Wildman–Crippen MR) is 131 cm³/mol. The van der Waals surface area contributed by atoms with E-state index in [9.17, 15) is 19.2 Å². The number of carbonyl (C=O) groups excluding carboxylic acids is 4. The van der Waals surface area contributed by atoms with Gasteiger partial charge in [0.05, 0.1) is 52.3 Å². The largest absolute Gasteiger partial charge is 0.465 e. The highest BCUT2D eigenvalue weighted by molar-refractivity contribution is 5.96. The van der Waals surface area contributed by atoms with Crippen LogP contribution in [-0.4, -0.2) is 95.9 Å². The molecule has 13 heteroatoms. The summed E-state index contributed by atoms with van der Waals surface area (Å²) in [6.07, 6.45) is -0.776. The number of benzene rings is 1. The van der Waals surface area contributed by atoms with Gasteiger partial charge in [-0.15, -0.1) is 0 Å². The molecule has 37 heavy (non-hydrogen) atoms. The number of rotatable bonds is 17. The number of esters is 1. The van der Waals surface area contributed by atoms with Gasteiger partial charge >= 0.3 is 12.1 Å². The molecule has 1 rings (SSSR count). The van der Waals surface area contributed by atoms with Crippen LogP contribution >= 0.6 is 0 Å². The van der Waals surface area contributed by atoms with Crippen molar-refractivity contribution in [2.75, 3.05) is 66.4 Å². The molecule has 0 unspecified atom stereocenters. The van der Waals surface area contributed by atoms with Crippen LogP contribution in [-0.2, 0) is 33.3 Å². The van der Waals surface area contributed by atoms with Crippen LogP contribution in [0.25, 0.3) is 0 Å². The van der Waals surface area contributed by atoms with Crippen LogP contribution in [0.3, 0.4) is 0 Å². The molecule has 0 heterocycles. The number of ether oxygens (including phenoxy) is 5. The lowest BCUT2D eigenvalue weighted by Crippen LogP contribution is -2.37. The lowest BCUT2D eigenvalue weighted by molar-refractivity contribution is -0.128. The van der Waals surface area contributed by atoms with Crippen molar-refractivity contribution in [1.29, 1.82) is 0 Å². The maximum atomic E-state index is 12.1. The van der Waals surface area contributed by atoms with E-state index in [0.29, 0.717) is 50.7 Å². The fraction of sp³-hybridized carbons (Fsp3) is 0.583. The monoisotopic (exact) mass is 527 g/mol. The topological polar surface area (TPSA) is 160 Å². The number of hydrogen-bond acceptors (Lipinski definition) is 10. The number of nitrogens with one attached hydrogen (secondary N) is 3. The highest BCUT2D eigenvalue weighted by atomic mass is 16.7. The van der Waals surface area contributed by atoms with Crippen molar-refractivity contribution in [2.45, 2.75) is 26.4 Å². The van der Waals surface area contributed by atoms with E-state index in [-0.39, 0.29) is 25.7 Å². The number of carbonyl (C=O) groups is 4. The quantitative estimate of drug-likeness (QED) is 0.150. The minimum atomic E-state index is -0.776. The lowest BCUT2D eigenvalue weighted by atomic mass is 10.1. The van der Waals surface area contributed by atoms with Gasteiger partial charge in [0, 0.05) is 18.7 Å². The molecule has 0 aromatic heterocycles. The lowest BCUT2D eigenvalue weighted by Gasteiger charge is -2.19. The van der Waals surface area contributed by atoms with Gasteiger partial charge in [-0.25, -0.2) is 9.59 Å². The third-order valence-electron chi connectivity index (χ3n) is 4.17. The number of hydroxylamine groups is 1. The molecule has 0 spiro atoms. The van der Waals surface area contributed by atoms with E-state index in [0.717, 1.165) is 0 Å². The van der Waals surface area contributed by atoms with Crippen LogP contribution < -0.4 is 16.1 Å². The van der Waals surface area contributed by atoms with Crippen molar-refractivity contribution < 1.29 is 47.7 Å². The van der Waals surface area contributed by atoms with Crippen LogP contribution in [0.2, 0.25) is 0 Å². The first-order valence-electron chi connectivity index (χ1n) is 11.7. The molecule has 1 aromatic rings. The fourth-order valence-corrected chi connectivity index (χ4v) is 2.53. The van der Waals surface area contributed by atoms with Crippen LogP contribution in [0.5, 0.6) is 0 Å². The van der Waals surface area contributed by atoms with Crippen molar-refractivity contribution in [3.63, 3.8) is 0 Å². The molecular formula is C24H37N3O10. The molecule has 0 atom stereocenters. The summed E-state index contributed by atoms with van der Waals surface area (Å²) in [5, 5.41) is 5.29. The first-order chi connectivity index (χ1) is 17.6. The molecule has 0 fully saturated rings. The third kappa shape index (κ3) is 16.2. The van der Waals surface area contributed by atoms with Gasteiger partial charge < -0.3 is 34.3 Å². The molecule has 0 aliphatic rings. The Balaban J connectivity index is 1.91. The van der Waals surface area contributed by atoms with E-state index in [4.69, 9.17) is 23.8 Å². The van der Waals surface area contributed by atoms with E-state index in [1.165, 1.54) is 19.2 Å². The second kappa shape index (κ2) is 18.1. The molecule has 1 aromatic carbocycles. The first-order valence-corrected chi connectivity index (χ1v) is 11.7. The molecule has 3 N–H and O–H groups in total. The van der Waals surface area contributed by atoms with Crippen molar-refractivity contribution >= 4 is 23.9 Å². The van der Waals surface area contributed by atoms with Gasteiger partial charge in [0.25, 0.3) is 5.91 Å². The summed E-state index contributed by atoms with van der Waals surface area (Å²) in [6, 6.07) is 6.15. The van der Waals surface area contributed by atoms with Gasteiger partial charge in [0.2, 0.25) is 5.91 Å². The highest BCUT2D eigenvalue weighted by Gasteiger charge is 2.16. The Bertz CT molecular complexity index is 840. The standard InChI is InChI=1S/C24H37N3O10/c1-24(2,3)37-23(31)27-36-17-20(28)25-9-11-33-13-15-35-16-14-34-12-10-26-21(29)18-5-7-19(8-6-18)22(30)32-4/h5-8H,9-17H2,1-4H3,(H,25,28)(H,26,29)(H,27,31). The summed E-state index contributed by atoms with van der Waals surface area (Å²) >= 11 is 0. The second-order valence-electron chi connectivity index (χ2n) is 8.40. The molecule has 13 nitrogen and oxygen atoms in total. The zero-order valence-corrected chi connectivity index (χ0v) is 21.8. The molecule has 0 bridgehead atoms. The summed E-state index contributed by atoms with van der Waals surface area (Å²) in [5.41, 5.74) is 2.16. The summed E-state index contributed by atoms with van der Waals surface area (Å²) in [4.78, 5) is 51.2. The molecule has 208 valence electrons. The van der Waals surface area contributed by atoms with Crippen LogP contribution in [0.15, 0.2) is 24.3 Å². The molecule has 0 radical (unpaired) electrons. The van der Waals surface area contributed by atoms with E-state index >= 15 is 0 Å². The van der Waals surface area contributed by atoms with E-state index in [2.05, 4.69) is 15.4 Å². The van der Waals surface area contributed by atoms with Gasteiger partial charge in [-0.05, 0) is 45.0 Å². The summed E-state index contributed by atoms with van der Waals surface area (Å²) in [7, 11) is 1.29. The smallest absolute Gasteiger partial charge is 0.431 e. The van der Waals surface area contributed by atoms with Gasteiger partial charge in [0.15, 0.2) is 6.61 Å². The molecule has 0 aliphatic carbocycles. The normalized spacial score (nSPS) is 10.9. The molecule has 3 amide bonds. The van der Waals surface area contributed by atoms with Gasteiger partial charge in [-0.1, -0.05) is 0 Å². The van der Waals surface area contributed by atoms with Gasteiger partial charge in [0.1, 0.15) is 5.60 Å². The Kier molecular flexibility index (Phi) is 15.5. The SMILES string of the molecule is COC(=O)c1ccc(C(=O)NCCOCCOCCOCCNC(=O)CONC(=O)OC(C)(C)C)cc1. The Morgan fingerprint density at radius 1 is 0.757 bits per heavy atom. The molecule has 0 aliphatic heterocycles. The molecular weight excluding hydrogens is 490 g/mol. The van der Waals surface area contributed by atoms with Crippen molar-refractivity contribution in [1.82, 2.24) is 16.1 Å². The number of methoxy groups -OCH3 is 1. The predicted octanol–water partition coefficient (Wildman–Crippen LogP) is 0.825. The summed E-state index contributed by atoms with van der Waals surface area (Å²) in [6.45, 7) is 7.42. The fourth-order valence-electron chi connectivity index (χ4n) is 2.53. The van der Waals surface area contributed by atoms with E-state index < -0.39 is 23.6 Å². The van der Waals surface area contributed by atoms with Crippen LogP contribution in [0.4, 0.5) is 4.79 Å². The van der Waals surface area contributed by atoms with Crippen LogP contribution in [0.1, 0.15) is 41.5 Å². The van der Waals surface area contributed by atoms with Crippen molar-refractivity contribution in [3.05, 3.63) is 35.4 Å². The minimum absolute atomic E-state index is 0.269. The zero-order valence-electron chi connectivity index (χ0n) is 21.8. The number of hydrogen-bond donors (Lipinski definition) is 3. The highest BCUT2D eigenvalue weighted by Crippen LogP contribution is 2.06. The third-order valence-corrected chi connectivity index (χ3v) is 4.17. The summed E-state index contributed by atoms with van der Waals surface area (Å²) in [5.74, 6) is -1.15.